The molecule has 0 saturated carbocycles. The molecule has 0 spiro atoms. The molecule has 1 aromatic heterocycles. The molecule has 0 bridgehead atoms. The fraction of sp³-hybridized carbons (Fsp3) is 0. The van der Waals surface area contributed by atoms with Crippen LogP contribution in [0.1, 0.15) is 5.56 Å². The second-order valence-electron chi connectivity index (χ2n) is 6.20. The van der Waals surface area contributed by atoms with Crippen LogP contribution in [0.3, 0.4) is 0 Å². The van der Waals surface area contributed by atoms with Crippen molar-refractivity contribution in [2.24, 2.45) is 5.16 Å². The predicted molar refractivity (Wildman–Crippen MR) is 120 cm³/mol. The fourth-order valence-corrected chi connectivity index (χ4v) is 4.20. The number of nitrogens with zero attached hydrogens (tertiary/aromatic N) is 3. The molecule has 5 nitrogen and oxygen atoms in total. The monoisotopic (exact) mass is 487 g/mol. The fourth-order valence-electron chi connectivity index (χ4n) is 3.14. The van der Waals surface area contributed by atoms with E-state index >= 15 is 0 Å². The van der Waals surface area contributed by atoms with Crippen molar-refractivity contribution in [3.63, 3.8) is 0 Å². The molecule has 4 aromatic rings. The maximum absolute atomic E-state index is 13.2. The van der Waals surface area contributed by atoms with Crippen molar-refractivity contribution in [1.82, 2.24) is 9.78 Å². The summed E-state index contributed by atoms with van der Waals surface area (Å²) in [5.74, 6) is 0. The van der Waals surface area contributed by atoms with E-state index in [1.54, 1.807) is 36.4 Å². The summed E-state index contributed by atoms with van der Waals surface area (Å²) in [5.41, 5.74) is 1.94. The first-order valence-electron chi connectivity index (χ1n) is 8.44. The molecule has 1 heterocycles. The number of benzene rings is 3. The molecule has 0 aliphatic heterocycles. The van der Waals surface area contributed by atoms with Crippen LogP contribution in [0.2, 0.25) is 10.0 Å². The van der Waals surface area contributed by atoms with Gasteiger partial charge in [-0.1, -0.05) is 68.6 Å². The van der Waals surface area contributed by atoms with Gasteiger partial charge in [-0.25, -0.2) is 0 Å². The lowest BCUT2D eigenvalue weighted by atomic mass is 10.0. The molecule has 29 heavy (non-hydrogen) atoms. The highest BCUT2D eigenvalue weighted by Gasteiger charge is 2.17. The lowest BCUT2D eigenvalue weighted by Crippen LogP contribution is -2.23. The molecule has 4 rings (SSSR count). The van der Waals surface area contributed by atoms with Crippen molar-refractivity contribution in [1.29, 1.82) is 0 Å². The Kier molecular flexibility index (Phi) is 5.41. The zero-order valence-electron chi connectivity index (χ0n) is 14.7. The Labute approximate surface area is 183 Å². The zero-order chi connectivity index (χ0) is 20.5. The Morgan fingerprint density at radius 1 is 1.00 bits per heavy atom. The summed E-state index contributed by atoms with van der Waals surface area (Å²) < 4.78 is 1.99. The molecule has 0 unspecified atom stereocenters. The molecule has 0 atom stereocenters. The molecular weight excluding hydrogens is 477 g/mol. The standard InChI is InChI=1S/C21H12BrCl2N3O2/c22-14-9-12(11-25-29)8-13(10-14)19-15-4-1-2-5-16(15)21(28)27(26-19)20-17(23)6-3-7-18(20)24/h1-11,29H/b25-11+. The van der Waals surface area contributed by atoms with Crippen LogP contribution in [0.4, 0.5) is 0 Å². The number of halogens is 3. The number of rotatable bonds is 3. The van der Waals surface area contributed by atoms with Crippen molar-refractivity contribution in [3.05, 3.63) is 91.1 Å². The molecule has 0 aliphatic carbocycles. The highest BCUT2D eigenvalue weighted by atomic mass is 79.9. The number of para-hydroxylation sites is 1. The normalized spacial score (nSPS) is 11.4. The molecule has 1 N–H and O–H groups in total. The topological polar surface area (TPSA) is 67.5 Å². The van der Waals surface area contributed by atoms with Crippen molar-refractivity contribution in [2.75, 3.05) is 0 Å². The van der Waals surface area contributed by atoms with Gasteiger partial charge in [0.15, 0.2) is 0 Å². The van der Waals surface area contributed by atoms with Gasteiger partial charge in [-0.3, -0.25) is 4.79 Å². The van der Waals surface area contributed by atoms with Crippen LogP contribution in [0.5, 0.6) is 0 Å². The molecule has 0 amide bonds. The van der Waals surface area contributed by atoms with Gasteiger partial charge >= 0.3 is 0 Å². The van der Waals surface area contributed by atoms with Crippen LogP contribution < -0.4 is 5.56 Å². The van der Waals surface area contributed by atoms with Gasteiger partial charge in [0.05, 0.1) is 27.3 Å². The second-order valence-corrected chi connectivity index (χ2v) is 7.93. The van der Waals surface area contributed by atoms with E-state index in [9.17, 15) is 4.79 Å². The second kappa shape index (κ2) is 7.99. The number of aromatic nitrogens is 2. The van der Waals surface area contributed by atoms with Gasteiger partial charge in [0.25, 0.3) is 5.56 Å². The average Bonchev–Trinajstić information content (AvgIpc) is 2.69. The van der Waals surface area contributed by atoms with Crippen molar-refractivity contribution in [2.45, 2.75) is 0 Å². The third kappa shape index (κ3) is 3.67. The number of oxime groups is 1. The maximum Gasteiger partial charge on any atom is 0.279 e. The molecule has 0 radical (unpaired) electrons. The van der Waals surface area contributed by atoms with E-state index in [2.05, 4.69) is 26.2 Å². The predicted octanol–water partition coefficient (Wildman–Crippen LogP) is 5.93. The minimum Gasteiger partial charge on any atom is -0.411 e. The van der Waals surface area contributed by atoms with Crippen LogP contribution >= 0.6 is 39.1 Å². The van der Waals surface area contributed by atoms with E-state index < -0.39 is 0 Å². The minimum absolute atomic E-state index is 0.315. The van der Waals surface area contributed by atoms with Gasteiger partial charge in [0.2, 0.25) is 0 Å². The summed E-state index contributed by atoms with van der Waals surface area (Å²) in [6.07, 6.45) is 1.32. The Balaban J connectivity index is 2.11. The van der Waals surface area contributed by atoms with Crippen molar-refractivity contribution < 1.29 is 5.21 Å². The quantitative estimate of drug-likeness (QED) is 0.221. The Bertz CT molecular complexity index is 1320. The minimum atomic E-state index is -0.327. The van der Waals surface area contributed by atoms with E-state index in [0.29, 0.717) is 37.8 Å². The lowest BCUT2D eigenvalue weighted by Gasteiger charge is -2.14. The van der Waals surface area contributed by atoms with E-state index in [1.807, 2.05) is 24.3 Å². The molecule has 0 saturated heterocycles. The molecule has 0 fully saturated rings. The van der Waals surface area contributed by atoms with Crippen LogP contribution in [-0.2, 0) is 0 Å². The third-order valence-corrected chi connectivity index (χ3v) is 5.42. The molecule has 144 valence electrons. The molecule has 3 aromatic carbocycles. The summed E-state index contributed by atoms with van der Waals surface area (Å²) in [7, 11) is 0. The SMILES string of the molecule is O=c1c2ccccc2c(-c2cc(Br)cc(/C=N/O)c2)nn1-c1c(Cl)cccc1Cl. The van der Waals surface area contributed by atoms with Gasteiger partial charge in [0.1, 0.15) is 5.69 Å². The van der Waals surface area contributed by atoms with Crippen LogP contribution in [0, 0.1) is 0 Å². The van der Waals surface area contributed by atoms with E-state index in [-0.39, 0.29) is 5.56 Å². The van der Waals surface area contributed by atoms with E-state index in [0.717, 1.165) is 10.0 Å². The first-order valence-corrected chi connectivity index (χ1v) is 9.99. The van der Waals surface area contributed by atoms with Crippen LogP contribution in [-0.4, -0.2) is 21.2 Å². The summed E-state index contributed by atoms with van der Waals surface area (Å²) in [4.78, 5) is 13.2. The Hall–Kier alpha value is -2.67. The molecular formula is C21H12BrCl2N3O2. The highest BCUT2D eigenvalue weighted by Crippen LogP contribution is 2.31. The summed E-state index contributed by atoms with van der Waals surface area (Å²) in [6, 6.07) is 17.7. The number of hydrogen-bond donors (Lipinski definition) is 1. The van der Waals surface area contributed by atoms with Gasteiger partial charge in [-0.15, -0.1) is 0 Å². The zero-order valence-corrected chi connectivity index (χ0v) is 17.8. The Morgan fingerprint density at radius 3 is 2.38 bits per heavy atom. The van der Waals surface area contributed by atoms with E-state index in [1.165, 1.54) is 10.9 Å². The summed E-state index contributed by atoms with van der Waals surface area (Å²) >= 11 is 16.1. The first-order chi connectivity index (χ1) is 14.0. The largest absolute Gasteiger partial charge is 0.411 e. The number of hydrogen-bond acceptors (Lipinski definition) is 4. The number of fused-ring (bicyclic) bond motifs is 1. The van der Waals surface area contributed by atoms with Gasteiger partial charge < -0.3 is 5.21 Å². The van der Waals surface area contributed by atoms with Crippen molar-refractivity contribution in [3.8, 4) is 16.9 Å². The van der Waals surface area contributed by atoms with Gasteiger partial charge in [0, 0.05) is 15.4 Å². The van der Waals surface area contributed by atoms with E-state index in [4.69, 9.17) is 28.4 Å². The average molecular weight is 489 g/mol. The maximum atomic E-state index is 13.2. The molecule has 8 heteroatoms. The highest BCUT2D eigenvalue weighted by molar-refractivity contribution is 9.10. The van der Waals surface area contributed by atoms with Crippen LogP contribution in [0.15, 0.2) is 75.1 Å². The van der Waals surface area contributed by atoms with Gasteiger partial charge in [-0.2, -0.15) is 9.78 Å². The van der Waals surface area contributed by atoms with Crippen molar-refractivity contribution >= 4 is 56.1 Å². The molecule has 0 aliphatic rings. The summed E-state index contributed by atoms with van der Waals surface area (Å²) in [5, 5.41) is 18.4. The first kappa shape index (κ1) is 19.6. The van der Waals surface area contributed by atoms with Gasteiger partial charge in [-0.05, 0) is 42.0 Å². The Morgan fingerprint density at radius 2 is 1.69 bits per heavy atom. The smallest absolute Gasteiger partial charge is 0.279 e. The third-order valence-electron chi connectivity index (χ3n) is 4.35. The summed E-state index contributed by atoms with van der Waals surface area (Å²) in [6.45, 7) is 0. The lowest BCUT2D eigenvalue weighted by molar-refractivity contribution is 0.322. The van der Waals surface area contributed by atoms with Crippen LogP contribution in [0.25, 0.3) is 27.7 Å².